The molecule has 5 nitrogen and oxygen atoms in total. The van der Waals surface area contributed by atoms with E-state index in [4.69, 9.17) is 4.74 Å². The van der Waals surface area contributed by atoms with Gasteiger partial charge >= 0.3 is 12.2 Å². The van der Waals surface area contributed by atoms with Crippen molar-refractivity contribution in [1.82, 2.24) is 10.2 Å². The molecule has 1 heterocycles. The number of urea groups is 1. The summed E-state index contributed by atoms with van der Waals surface area (Å²) in [7, 11) is 0. The lowest BCUT2D eigenvalue weighted by atomic mass is 10.2. The van der Waals surface area contributed by atoms with Gasteiger partial charge in [-0.15, -0.1) is 0 Å². The number of morpholine rings is 1. The second kappa shape index (κ2) is 7.84. The summed E-state index contributed by atoms with van der Waals surface area (Å²) in [5, 5.41) is 2.64. The lowest BCUT2D eigenvalue weighted by Crippen LogP contribution is -2.54. The normalized spacial score (nSPS) is 24.8. The molecule has 2 amide bonds. The van der Waals surface area contributed by atoms with Crippen LogP contribution >= 0.6 is 0 Å². The Kier molecular flexibility index (Phi) is 6.73. The largest absolute Gasteiger partial charge is 0.411 e. The quantitative estimate of drug-likeness (QED) is 0.846. The van der Waals surface area contributed by atoms with E-state index in [0.29, 0.717) is 13.1 Å². The SMILES string of the molecule is CC[C@@H]1CN(C(=O)N[C@@H](C)COCC(F)(F)F)C[C@H](C)O1. The molecule has 124 valence electrons. The van der Waals surface area contributed by atoms with E-state index in [1.165, 1.54) is 0 Å². The molecule has 3 atom stereocenters. The number of nitrogens with zero attached hydrogens (tertiary/aromatic N) is 1. The van der Waals surface area contributed by atoms with Crippen molar-refractivity contribution in [2.24, 2.45) is 0 Å². The van der Waals surface area contributed by atoms with Crippen LogP contribution in [0.5, 0.6) is 0 Å². The molecule has 0 aromatic carbocycles. The van der Waals surface area contributed by atoms with Gasteiger partial charge in [0.05, 0.1) is 24.9 Å². The Balaban J connectivity index is 2.34. The first-order valence-electron chi connectivity index (χ1n) is 7.06. The Hall–Kier alpha value is -1.02. The lowest BCUT2D eigenvalue weighted by Gasteiger charge is -2.37. The second-order valence-electron chi connectivity index (χ2n) is 5.36. The van der Waals surface area contributed by atoms with Gasteiger partial charge in [-0.3, -0.25) is 0 Å². The van der Waals surface area contributed by atoms with Gasteiger partial charge in [-0.05, 0) is 20.3 Å². The third-order valence-corrected chi connectivity index (χ3v) is 3.07. The van der Waals surface area contributed by atoms with E-state index in [0.717, 1.165) is 6.42 Å². The molecule has 1 rings (SSSR count). The van der Waals surface area contributed by atoms with Crippen LogP contribution in [-0.4, -0.2) is 61.7 Å². The summed E-state index contributed by atoms with van der Waals surface area (Å²) in [6.07, 6.45) is -3.60. The minimum absolute atomic E-state index is 0.00344. The van der Waals surface area contributed by atoms with Crippen molar-refractivity contribution in [1.29, 1.82) is 0 Å². The minimum atomic E-state index is -4.35. The first-order valence-corrected chi connectivity index (χ1v) is 7.06. The van der Waals surface area contributed by atoms with Crippen LogP contribution in [0.4, 0.5) is 18.0 Å². The topological polar surface area (TPSA) is 50.8 Å². The number of ether oxygens (including phenoxy) is 2. The monoisotopic (exact) mass is 312 g/mol. The molecule has 1 fully saturated rings. The van der Waals surface area contributed by atoms with Crippen LogP contribution in [-0.2, 0) is 9.47 Å². The standard InChI is InChI=1S/C13H23F3N2O3/c1-4-11-6-18(5-10(3)21-11)12(19)17-9(2)7-20-8-13(14,15)16/h9-11H,4-8H2,1-3H3,(H,17,19)/t9-,10-,11+/m0/s1. The van der Waals surface area contributed by atoms with E-state index in [9.17, 15) is 18.0 Å². The van der Waals surface area contributed by atoms with Gasteiger partial charge in [0, 0.05) is 13.1 Å². The Labute approximate surface area is 122 Å². The van der Waals surface area contributed by atoms with Gasteiger partial charge in [-0.2, -0.15) is 13.2 Å². The molecule has 0 aromatic heterocycles. The first-order chi connectivity index (χ1) is 9.71. The van der Waals surface area contributed by atoms with Crippen molar-refractivity contribution in [3.05, 3.63) is 0 Å². The predicted octanol–water partition coefficient (Wildman–Crippen LogP) is 2.16. The van der Waals surface area contributed by atoms with Gasteiger partial charge in [0.1, 0.15) is 6.61 Å². The van der Waals surface area contributed by atoms with Crippen LogP contribution in [0.2, 0.25) is 0 Å². The fourth-order valence-corrected chi connectivity index (χ4v) is 2.13. The zero-order chi connectivity index (χ0) is 16.0. The molecule has 1 aliphatic heterocycles. The van der Waals surface area contributed by atoms with Crippen LogP contribution in [0, 0.1) is 0 Å². The van der Waals surface area contributed by atoms with E-state index in [1.807, 2.05) is 13.8 Å². The highest BCUT2D eigenvalue weighted by Gasteiger charge is 2.29. The molecule has 0 aromatic rings. The number of carbonyl (C=O) groups is 1. The Morgan fingerprint density at radius 3 is 2.71 bits per heavy atom. The first kappa shape index (κ1) is 18.0. The molecule has 8 heteroatoms. The number of halogens is 3. The van der Waals surface area contributed by atoms with Gasteiger partial charge in [0.15, 0.2) is 0 Å². The number of amides is 2. The van der Waals surface area contributed by atoms with Gasteiger partial charge in [0.2, 0.25) is 0 Å². The summed E-state index contributed by atoms with van der Waals surface area (Å²) in [6.45, 7) is 4.95. The van der Waals surface area contributed by atoms with Gasteiger partial charge < -0.3 is 19.7 Å². The predicted molar refractivity (Wildman–Crippen MR) is 71.1 cm³/mol. The van der Waals surface area contributed by atoms with Crippen molar-refractivity contribution in [3.8, 4) is 0 Å². The van der Waals surface area contributed by atoms with Crippen LogP contribution in [0.1, 0.15) is 27.2 Å². The maximum Gasteiger partial charge on any atom is 0.411 e. The molecule has 1 N–H and O–H groups in total. The molecule has 0 radical (unpaired) electrons. The highest BCUT2D eigenvalue weighted by atomic mass is 19.4. The summed E-state index contributed by atoms with van der Waals surface area (Å²) in [6, 6.07) is -0.787. The Morgan fingerprint density at radius 2 is 2.14 bits per heavy atom. The van der Waals surface area contributed by atoms with Crippen LogP contribution in [0.25, 0.3) is 0 Å². The molecular weight excluding hydrogens is 289 g/mol. The number of hydrogen-bond donors (Lipinski definition) is 1. The Morgan fingerprint density at radius 1 is 1.48 bits per heavy atom. The highest BCUT2D eigenvalue weighted by Crippen LogP contribution is 2.15. The molecule has 21 heavy (non-hydrogen) atoms. The lowest BCUT2D eigenvalue weighted by molar-refractivity contribution is -0.174. The van der Waals surface area contributed by atoms with Crippen molar-refractivity contribution in [2.45, 2.75) is 51.6 Å². The van der Waals surface area contributed by atoms with Gasteiger partial charge in [-0.1, -0.05) is 6.92 Å². The fourth-order valence-electron chi connectivity index (χ4n) is 2.13. The van der Waals surface area contributed by atoms with Crippen molar-refractivity contribution in [3.63, 3.8) is 0 Å². The third-order valence-electron chi connectivity index (χ3n) is 3.07. The fraction of sp³-hybridized carbons (Fsp3) is 0.923. The van der Waals surface area contributed by atoms with E-state index in [2.05, 4.69) is 10.1 Å². The average Bonchev–Trinajstić information content (AvgIpc) is 2.36. The molecule has 0 saturated carbocycles. The van der Waals surface area contributed by atoms with Crippen molar-refractivity contribution < 1.29 is 27.4 Å². The maximum absolute atomic E-state index is 12.1. The van der Waals surface area contributed by atoms with Crippen LogP contribution in [0.3, 0.4) is 0 Å². The van der Waals surface area contributed by atoms with Crippen molar-refractivity contribution in [2.75, 3.05) is 26.3 Å². The molecule has 0 unspecified atom stereocenters. The summed E-state index contributed by atoms with van der Waals surface area (Å²) >= 11 is 0. The third kappa shape index (κ3) is 6.99. The molecule has 0 spiro atoms. The second-order valence-corrected chi connectivity index (χ2v) is 5.36. The van der Waals surface area contributed by atoms with Crippen LogP contribution in [0.15, 0.2) is 0 Å². The number of hydrogen-bond acceptors (Lipinski definition) is 3. The van der Waals surface area contributed by atoms with E-state index in [1.54, 1.807) is 11.8 Å². The van der Waals surface area contributed by atoms with E-state index in [-0.39, 0.29) is 24.8 Å². The highest BCUT2D eigenvalue weighted by molar-refractivity contribution is 5.74. The van der Waals surface area contributed by atoms with Crippen molar-refractivity contribution >= 4 is 6.03 Å². The number of rotatable bonds is 5. The van der Waals surface area contributed by atoms with E-state index < -0.39 is 18.8 Å². The molecule has 0 bridgehead atoms. The zero-order valence-corrected chi connectivity index (χ0v) is 12.6. The van der Waals surface area contributed by atoms with Gasteiger partial charge in [-0.25, -0.2) is 4.79 Å². The number of alkyl halides is 3. The Bertz CT molecular complexity index is 339. The molecule has 0 aliphatic carbocycles. The zero-order valence-electron chi connectivity index (χ0n) is 12.6. The van der Waals surface area contributed by atoms with Crippen LogP contribution < -0.4 is 5.32 Å². The molecule has 1 aliphatic rings. The summed E-state index contributed by atoms with van der Waals surface area (Å²) < 4.78 is 46.0. The molecule has 1 saturated heterocycles. The minimum Gasteiger partial charge on any atom is -0.372 e. The number of carbonyl (C=O) groups excluding carboxylic acids is 1. The average molecular weight is 312 g/mol. The molecular formula is C13H23F3N2O3. The smallest absolute Gasteiger partial charge is 0.372 e. The summed E-state index contributed by atoms with van der Waals surface area (Å²) in [5.41, 5.74) is 0. The van der Waals surface area contributed by atoms with Gasteiger partial charge in [0.25, 0.3) is 0 Å². The summed E-state index contributed by atoms with van der Waals surface area (Å²) in [5.74, 6) is 0. The summed E-state index contributed by atoms with van der Waals surface area (Å²) in [4.78, 5) is 13.7. The maximum atomic E-state index is 12.1. The van der Waals surface area contributed by atoms with E-state index >= 15 is 0 Å². The number of nitrogens with one attached hydrogen (secondary N) is 1.